The van der Waals surface area contributed by atoms with E-state index < -0.39 is 0 Å². The molecule has 3 heteroatoms. The summed E-state index contributed by atoms with van der Waals surface area (Å²) in [5.41, 5.74) is 5.11. The van der Waals surface area contributed by atoms with E-state index in [9.17, 15) is 0 Å². The van der Waals surface area contributed by atoms with E-state index in [4.69, 9.17) is 9.47 Å². The Bertz CT molecular complexity index is 652. The van der Waals surface area contributed by atoms with Crippen LogP contribution >= 0.6 is 0 Å². The van der Waals surface area contributed by atoms with Crippen molar-refractivity contribution in [2.24, 2.45) is 0 Å². The molecular formula is C18H21NO2. The van der Waals surface area contributed by atoms with Gasteiger partial charge in [0, 0.05) is 0 Å². The van der Waals surface area contributed by atoms with Gasteiger partial charge in [-0.25, -0.2) is 0 Å². The summed E-state index contributed by atoms with van der Waals surface area (Å²) in [6, 6.07) is 13.0. The molecule has 0 bridgehead atoms. The molecule has 1 aliphatic heterocycles. The average molecular weight is 283 g/mol. The van der Waals surface area contributed by atoms with Gasteiger partial charge in [-0.2, -0.15) is 0 Å². The first-order valence-electron chi connectivity index (χ1n) is 7.39. The second kappa shape index (κ2) is 5.78. The second-order valence-corrected chi connectivity index (χ2v) is 5.45. The van der Waals surface area contributed by atoms with E-state index in [1.165, 1.54) is 22.3 Å². The number of hydrogen-bond acceptors (Lipinski definition) is 3. The molecule has 0 aromatic heterocycles. The van der Waals surface area contributed by atoms with Gasteiger partial charge in [0.05, 0.1) is 6.04 Å². The maximum atomic E-state index is 5.50. The fraction of sp³-hybridized carbons (Fsp3) is 0.333. The molecule has 0 fully saturated rings. The molecule has 2 aromatic rings. The van der Waals surface area contributed by atoms with Crippen LogP contribution in [0, 0.1) is 13.8 Å². The predicted octanol–water partition coefficient (Wildman–Crippen LogP) is 3.73. The SMILES string of the molecule is CCNC(c1ccc(C)c(C)c1)c1ccc2c(c1)OCO2. The highest BCUT2D eigenvalue weighted by atomic mass is 16.7. The van der Waals surface area contributed by atoms with Crippen molar-refractivity contribution in [3.63, 3.8) is 0 Å². The first-order valence-corrected chi connectivity index (χ1v) is 7.39. The van der Waals surface area contributed by atoms with Crippen molar-refractivity contribution < 1.29 is 9.47 Å². The van der Waals surface area contributed by atoms with Gasteiger partial charge in [0.2, 0.25) is 6.79 Å². The highest BCUT2D eigenvalue weighted by Crippen LogP contribution is 2.35. The largest absolute Gasteiger partial charge is 0.454 e. The number of aryl methyl sites for hydroxylation is 2. The Kier molecular flexibility index (Phi) is 3.84. The molecular weight excluding hydrogens is 262 g/mol. The summed E-state index contributed by atoms with van der Waals surface area (Å²) in [6.07, 6.45) is 0. The lowest BCUT2D eigenvalue weighted by atomic mass is 9.95. The van der Waals surface area contributed by atoms with Crippen LogP contribution in [0.4, 0.5) is 0 Å². The van der Waals surface area contributed by atoms with Crippen LogP contribution in [0.3, 0.4) is 0 Å². The van der Waals surface area contributed by atoms with Crippen LogP contribution in [-0.2, 0) is 0 Å². The topological polar surface area (TPSA) is 30.5 Å². The molecule has 0 saturated carbocycles. The lowest BCUT2D eigenvalue weighted by molar-refractivity contribution is 0.174. The molecule has 1 heterocycles. The lowest BCUT2D eigenvalue weighted by Gasteiger charge is -2.20. The van der Waals surface area contributed by atoms with E-state index in [0.29, 0.717) is 6.79 Å². The van der Waals surface area contributed by atoms with Gasteiger partial charge < -0.3 is 14.8 Å². The predicted molar refractivity (Wildman–Crippen MR) is 84.0 cm³/mol. The third-order valence-electron chi connectivity index (χ3n) is 4.00. The van der Waals surface area contributed by atoms with E-state index in [2.05, 4.69) is 56.4 Å². The third-order valence-corrected chi connectivity index (χ3v) is 4.00. The van der Waals surface area contributed by atoms with Gasteiger partial charge in [0.25, 0.3) is 0 Å². The Morgan fingerprint density at radius 2 is 1.67 bits per heavy atom. The molecule has 21 heavy (non-hydrogen) atoms. The van der Waals surface area contributed by atoms with Crippen molar-refractivity contribution >= 4 is 0 Å². The highest BCUT2D eigenvalue weighted by molar-refractivity contribution is 5.47. The summed E-state index contributed by atoms with van der Waals surface area (Å²) >= 11 is 0. The second-order valence-electron chi connectivity index (χ2n) is 5.45. The van der Waals surface area contributed by atoms with Crippen LogP contribution in [0.1, 0.15) is 35.2 Å². The quantitative estimate of drug-likeness (QED) is 0.927. The minimum absolute atomic E-state index is 0.170. The summed E-state index contributed by atoms with van der Waals surface area (Å²) in [7, 11) is 0. The summed E-state index contributed by atoms with van der Waals surface area (Å²) in [5, 5.41) is 3.56. The van der Waals surface area contributed by atoms with Crippen molar-refractivity contribution in [2.45, 2.75) is 26.8 Å². The molecule has 1 atom stereocenters. The summed E-state index contributed by atoms with van der Waals surface area (Å²) in [5.74, 6) is 1.66. The van der Waals surface area contributed by atoms with Crippen LogP contribution in [0.25, 0.3) is 0 Å². The van der Waals surface area contributed by atoms with Crippen LogP contribution in [-0.4, -0.2) is 13.3 Å². The molecule has 0 amide bonds. The van der Waals surface area contributed by atoms with Gasteiger partial charge in [-0.15, -0.1) is 0 Å². The Labute approximate surface area is 125 Å². The van der Waals surface area contributed by atoms with Gasteiger partial charge in [0.1, 0.15) is 0 Å². The zero-order valence-electron chi connectivity index (χ0n) is 12.8. The van der Waals surface area contributed by atoms with Crippen LogP contribution in [0.5, 0.6) is 11.5 Å². The van der Waals surface area contributed by atoms with E-state index in [1.54, 1.807) is 0 Å². The Morgan fingerprint density at radius 1 is 0.952 bits per heavy atom. The van der Waals surface area contributed by atoms with Crippen molar-refractivity contribution in [3.8, 4) is 11.5 Å². The van der Waals surface area contributed by atoms with E-state index in [-0.39, 0.29) is 6.04 Å². The molecule has 3 nitrogen and oxygen atoms in total. The lowest BCUT2D eigenvalue weighted by Crippen LogP contribution is -2.22. The van der Waals surface area contributed by atoms with E-state index in [0.717, 1.165) is 18.0 Å². The summed E-state index contributed by atoms with van der Waals surface area (Å²) in [4.78, 5) is 0. The monoisotopic (exact) mass is 283 g/mol. The number of benzene rings is 2. The zero-order chi connectivity index (χ0) is 14.8. The maximum Gasteiger partial charge on any atom is 0.231 e. The summed E-state index contributed by atoms with van der Waals surface area (Å²) in [6.45, 7) is 7.64. The smallest absolute Gasteiger partial charge is 0.231 e. The van der Waals surface area contributed by atoms with Gasteiger partial charge >= 0.3 is 0 Å². The molecule has 0 saturated heterocycles. The van der Waals surface area contributed by atoms with Crippen molar-refractivity contribution in [2.75, 3.05) is 13.3 Å². The number of nitrogens with one attached hydrogen (secondary N) is 1. The fourth-order valence-corrected chi connectivity index (χ4v) is 2.67. The number of fused-ring (bicyclic) bond motifs is 1. The molecule has 0 spiro atoms. The number of rotatable bonds is 4. The van der Waals surface area contributed by atoms with Crippen molar-refractivity contribution in [1.29, 1.82) is 0 Å². The standard InChI is InChI=1S/C18H21NO2/c1-4-19-18(14-6-5-12(2)13(3)9-14)15-7-8-16-17(10-15)21-11-20-16/h5-10,18-19H,4,11H2,1-3H3. The molecule has 2 aromatic carbocycles. The Morgan fingerprint density at radius 3 is 2.43 bits per heavy atom. The zero-order valence-corrected chi connectivity index (χ0v) is 12.8. The van der Waals surface area contributed by atoms with Crippen LogP contribution in [0.15, 0.2) is 36.4 Å². The van der Waals surface area contributed by atoms with Gasteiger partial charge in [-0.3, -0.25) is 0 Å². The third kappa shape index (κ3) is 2.74. The number of ether oxygens (including phenoxy) is 2. The first-order chi connectivity index (χ1) is 10.2. The van der Waals surface area contributed by atoms with Crippen LogP contribution < -0.4 is 14.8 Å². The summed E-state index contributed by atoms with van der Waals surface area (Å²) < 4.78 is 10.9. The van der Waals surface area contributed by atoms with E-state index in [1.807, 2.05) is 6.07 Å². The van der Waals surface area contributed by atoms with Crippen molar-refractivity contribution in [3.05, 3.63) is 58.7 Å². The van der Waals surface area contributed by atoms with E-state index >= 15 is 0 Å². The molecule has 1 N–H and O–H groups in total. The molecule has 1 aliphatic rings. The average Bonchev–Trinajstić information content (AvgIpc) is 2.95. The Hall–Kier alpha value is -2.00. The van der Waals surface area contributed by atoms with Crippen LogP contribution in [0.2, 0.25) is 0 Å². The normalized spacial score (nSPS) is 14.2. The highest BCUT2D eigenvalue weighted by Gasteiger charge is 2.19. The molecule has 0 aliphatic carbocycles. The van der Waals surface area contributed by atoms with Crippen molar-refractivity contribution in [1.82, 2.24) is 5.32 Å². The minimum Gasteiger partial charge on any atom is -0.454 e. The fourth-order valence-electron chi connectivity index (χ4n) is 2.67. The van der Waals surface area contributed by atoms with Gasteiger partial charge in [-0.05, 0) is 54.8 Å². The Balaban J connectivity index is 1.99. The molecule has 3 rings (SSSR count). The molecule has 0 radical (unpaired) electrons. The number of hydrogen-bond donors (Lipinski definition) is 1. The van der Waals surface area contributed by atoms with Gasteiger partial charge in [-0.1, -0.05) is 31.2 Å². The maximum absolute atomic E-state index is 5.50. The molecule has 110 valence electrons. The minimum atomic E-state index is 0.170. The first kappa shape index (κ1) is 14.0. The van der Waals surface area contributed by atoms with Gasteiger partial charge in [0.15, 0.2) is 11.5 Å². The molecule has 1 unspecified atom stereocenters.